The van der Waals surface area contributed by atoms with Gasteiger partial charge in [-0.3, -0.25) is 19.1 Å². The first-order chi connectivity index (χ1) is 20.9. The summed E-state index contributed by atoms with van der Waals surface area (Å²) in [6.07, 6.45) is 5.10. The first kappa shape index (κ1) is 31.2. The van der Waals surface area contributed by atoms with Crippen LogP contribution in [-0.4, -0.2) is 37.9 Å². The third kappa shape index (κ3) is 6.63. The molecule has 2 aromatic heterocycles. The van der Waals surface area contributed by atoms with Crippen molar-refractivity contribution in [2.45, 2.75) is 70.6 Å². The molecule has 1 saturated carbocycles. The average molecular weight is 618 g/mol. The molecular formula is C34H37ClFN5O3. The van der Waals surface area contributed by atoms with Gasteiger partial charge in [0.1, 0.15) is 6.04 Å². The Kier molecular flexibility index (Phi) is 9.06. The van der Waals surface area contributed by atoms with Gasteiger partial charge >= 0.3 is 0 Å². The molecule has 5 rings (SSSR count). The molecule has 2 amide bonds. The number of halogens is 2. The van der Waals surface area contributed by atoms with E-state index in [1.165, 1.54) is 6.07 Å². The second kappa shape index (κ2) is 12.8. The van der Waals surface area contributed by atoms with Gasteiger partial charge in [-0.1, -0.05) is 29.8 Å². The minimum atomic E-state index is -1.95. The van der Waals surface area contributed by atoms with Gasteiger partial charge in [0.2, 0.25) is 5.91 Å². The van der Waals surface area contributed by atoms with E-state index in [1.807, 2.05) is 58.3 Å². The van der Waals surface area contributed by atoms with Crippen LogP contribution in [0.4, 0.5) is 10.1 Å². The van der Waals surface area contributed by atoms with Crippen molar-refractivity contribution >= 4 is 29.1 Å². The fraction of sp³-hybridized carbons (Fsp3) is 0.353. The molecule has 2 N–H and O–H groups in total. The number of nitrogens with zero attached hydrogens (tertiary/aromatic N) is 3. The number of pyridine rings is 1. The van der Waals surface area contributed by atoms with Crippen LogP contribution in [0.5, 0.6) is 0 Å². The van der Waals surface area contributed by atoms with Crippen LogP contribution < -0.4 is 16.2 Å². The number of carbonyl (C=O) groups excluding carboxylic acids is 2. The second-order valence-electron chi connectivity index (χ2n) is 11.8. The molecule has 2 heterocycles. The van der Waals surface area contributed by atoms with Gasteiger partial charge < -0.3 is 15.2 Å². The van der Waals surface area contributed by atoms with Crippen LogP contribution >= 0.6 is 11.6 Å². The third-order valence-corrected chi connectivity index (χ3v) is 8.67. The smallest absolute Gasteiger partial charge is 0.258 e. The predicted molar refractivity (Wildman–Crippen MR) is 171 cm³/mol. The van der Waals surface area contributed by atoms with Crippen molar-refractivity contribution in [3.63, 3.8) is 0 Å². The number of rotatable bonds is 10. The zero-order valence-corrected chi connectivity index (χ0v) is 26.1. The molecule has 1 fully saturated rings. The highest BCUT2D eigenvalue weighted by Gasteiger charge is 2.45. The summed E-state index contributed by atoms with van der Waals surface area (Å²) >= 11 is 6.56. The second-order valence-corrected chi connectivity index (χ2v) is 12.2. The van der Waals surface area contributed by atoms with E-state index in [1.54, 1.807) is 39.7 Å². The summed E-state index contributed by atoms with van der Waals surface area (Å²) in [6.45, 7) is 5.87. The number of aromatic nitrogens is 3. The van der Waals surface area contributed by atoms with Crippen LogP contribution in [0.15, 0.2) is 71.8 Å². The number of hydrogen-bond donors (Lipinski definition) is 2. The molecule has 8 nitrogen and oxygen atoms in total. The normalized spacial score (nSPS) is 14.6. The summed E-state index contributed by atoms with van der Waals surface area (Å²) in [6, 6.07) is 15.3. The Labute approximate surface area is 261 Å². The summed E-state index contributed by atoms with van der Waals surface area (Å²) in [5.41, 5.74) is 3.98. The number of amides is 2. The maximum absolute atomic E-state index is 15.0. The van der Waals surface area contributed by atoms with E-state index in [2.05, 4.69) is 15.7 Å². The van der Waals surface area contributed by atoms with E-state index < -0.39 is 23.5 Å². The molecule has 1 atom stereocenters. The highest BCUT2D eigenvalue weighted by molar-refractivity contribution is 6.31. The first-order valence-corrected chi connectivity index (χ1v) is 15.2. The molecule has 10 heteroatoms. The van der Waals surface area contributed by atoms with Crippen molar-refractivity contribution in [2.24, 2.45) is 7.05 Å². The van der Waals surface area contributed by atoms with E-state index in [0.717, 1.165) is 33.5 Å². The molecule has 1 aliphatic rings. The Balaban J connectivity index is 1.35. The molecule has 44 heavy (non-hydrogen) atoms. The minimum absolute atomic E-state index is 0.00189. The Morgan fingerprint density at radius 1 is 1.05 bits per heavy atom. The molecule has 0 bridgehead atoms. The topological polar surface area (TPSA) is 98.0 Å². The van der Waals surface area contributed by atoms with Crippen molar-refractivity contribution in [3.8, 4) is 22.4 Å². The lowest BCUT2D eigenvalue weighted by Crippen LogP contribution is -2.54. The molecular weight excluding hydrogens is 581 g/mol. The highest BCUT2D eigenvalue weighted by Crippen LogP contribution is 2.36. The lowest BCUT2D eigenvalue weighted by molar-refractivity contribution is -0.140. The number of benzene rings is 2. The summed E-state index contributed by atoms with van der Waals surface area (Å²) in [5.74, 6) is -1.20. The van der Waals surface area contributed by atoms with Gasteiger partial charge in [-0.25, -0.2) is 4.39 Å². The number of anilines is 1. The summed E-state index contributed by atoms with van der Waals surface area (Å²) in [7, 11) is 1.87. The molecule has 2 aromatic carbocycles. The van der Waals surface area contributed by atoms with Crippen LogP contribution in [0.25, 0.3) is 22.4 Å². The first-order valence-electron chi connectivity index (χ1n) is 14.9. The van der Waals surface area contributed by atoms with E-state index in [0.29, 0.717) is 23.6 Å². The Bertz CT molecular complexity index is 1720. The molecule has 1 aliphatic carbocycles. The third-order valence-electron chi connectivity index (χ3n) is 8.30. The maximum Gasteiger partial charge on any atom is 0.258 e. The lowest BCUT2D eigenvalue weighted by Gasteiger charge is -2.33. The zero-order chi connectivity index (χ0) is 31.6. The van der Waals surface area contributed by atoms with Crippen molar-refractivity contribution in [2.75, 3.05) is 5.32 Å². The number of alkyl halides is 1. The minimum Gasteiger partial charge on any atom is -0.342 e. The average Bonchev–Trinajstić information content (AvgIpc) is 3.32. The molecule has 0 aliphatic heterocycles. The standard InChI is InChI=1S/C34H37ClFN5O3/c1-21(2)41-20-26(10-15-30(41)42)24-8-13-28(35)25(18-24)9-14-29(39-33(44)34(36)16-5-17-34)32(43)38-27-11-6-23(7-12-27)31-22(3)19-37-40(31)4/h6-8,10-13,15,18-21,29H,5,9,14,16-17H2,1-4H3,(H,38,43)(H,39,44)/t29-/m0/s1. The summed E-state index contributed by atoms with van der Waals surface area (Å²) in [4.78, 5) is 38.6. The Morgan fingerprint density at radius 3 is 2.34 bits per heavy atom. The molecule has 4 aromatic rings. The Morgan fingerprint density at radius 2 is 1.73 bits per heavy atom. The zero-order valence-electron chi connectivity index (χ0n) is 25.4. The Hall–Kier alpha value is -4.24. The van der Waals surface area contributed by atoms with Gasteiger partial charge in [0.25, 0.3) is 11.5 Å². The van der Waals surface area contributed by atoms with Crippen LogP contribution in [-0.2, 0) is 23.1 Å². The van der Waals surface area contributed by atoms with E-state index in [9.17, 15) is 18.8 Å². The monoisotopic (exact) mass is 617 g/mol. The van der Waals surface area contributed by atoms with Crippen LogP contribution in [0.2, 0.25) is 5.02 Å². The number of carbonyl (C=O) groups is 2. The van der Waals surface area contributed by atoms with Crippen molar-refractivity contribution < 1.29 is 14.0 Å². The highest BCUT2D eigenvalue weighted by atomic mass is 35.5. The van der Waals surface area contributed by atoms with Gasteiger partial charge in [-0.15, -0.1) is 0 Å². The molecule has 0 unspecified atom stereocenters. The summed E-state index contributed by atoms with van der Waals surface area (Å²) < 4.78 is 18.4. The van der Waals surface area contributed by atoms with Gasteiger partial charge in [0.15, 0.2) is 5.67 Å². The number of aryl methyl sites for hydroxylation is 3. The van der Waals surface area contributed by atoms with Crippen LogP contribution in [0.3, 0.4) is 0 Å². The molecule has 0 radical (unpaired) electrons. The van der Waals surface area contributed by atoms with E-state index in [4.69, 9.17) is 11.6 Å². The predicted octanol–water partition coefficient (Wildman–Crippen LogP) is 6.41. The molecule has 0 saturated heterocycles. The summed E-state index contributed by atoms with van der Waals surface area (Å²) in [5, 5.41) is 10.4. The van der Waals surface area contributed by atoms with Crippen molar-refractivity contribution in [1.29, 1.82) is 0 Å². The van der Waals surface area contributed by atoms with Gasteiger partial charge in [0.05, 0.1) is 11.9 Å². The van der Waals surface area contributed by atoms with Gasteiger partial charge in [-0.2, -0.15) is 5.10 Å². The molecule has 0 spiro atoms. The van der Waals surface area contributed by atoms with Crippen LogP contribution in [0.1, 0.15) is 56.7 Å². The number of hydrogen-bond acceptors (Lipinski definition) is 4. The fourth-order valence-electron chi connectivity index (χ4n) is 5.50. The maximum atomic E-state index is 15.0. The SMILES string of the molecule is Cc1cnn(C)c1-c1ccc(NC(=O)[C@H](CCc2cc(-c3ccc(=O)n(C(C)C)c3)ccc2Cl)NC(=O)C2(F)CCC2)cc1. The van der Waals surface area contributed by atoms with Gasteiger partial charge in [-0.05, 0) is 105 Å². The lowest BCUT2D eigenvalue weighted by atomic mass is 9.81. The fourth-order valence-corrected chi connectivity index (χ4v) is 5.71. The van der Waals surface area contributed by atoms with Gasteiger partial charge in [0, 0.05) is 41.6 Å². The quantitative estimate of drug-likeness (QED) is 0.215. The number of nitrogens with one attached hydrogen (secondary N) is 2. The van der Waals surface area contributed by atoms with Crippen molar-refractivity contribution in [3.05, 3.63) is 93.5 Å². The molecule has 230 valence electrons. The van der Waals surface area contributed by atoms with E-state index >= 15 is 0 Å². The van der Waals surface area contributed by atoms with E-state index in [-0.39, 0.29) is 30.9 Å². The van der Waals surface area contributed by atoms with Crippen molar-refractivity contribution in [1.82, 2.24) is 19.7 Å². The van der Waals surface area contributed by atoms with Crippen LogP contribution in [0, 0.1) is 6.92 Å². The largest absolute Gasteiger partial charge is 0.342 e.